The number of para-hydroxylation sites is 1. The van der Waals surface area contributed by atoms with Gasteiger partial charge in [-0.25, -0.2) is 0 Å². The van der Waals surface area contributed by atoms with Gasteiger partial charge in [0.25, 0.3) is 5.91 Å². The third-order valence-electron chi connectivity index (χ3n) is 7.21. The number of benzene rings is 1. The van der Waals surface area contributed by atoms with E-state index in [0.29, 0.717) is 51.7 Å². The van der Waals surface area contributed by atoms with Crippen LogP contribution >= 0.6 is 0 Å². The minimum atomic E-state index is -1.28. The quantitative estimate of drug-likeness (QED) is 0.608. The lowest BCUT2D eigenvalue weighted by atomic mass is 10.00. The van der Waals surface area contributed by atoms with Crippen molar-refractivity contribution in [3.8, 4) is 5.75 Å². The molecular formula is C23H30N4O5. The van der Waals surface area contributed by atoms with Crippen molar-refractivity contribution >= 4 is 17.7 Å². The van der Waals surface area contributed by atoms with Crippen molar-refractivity contribution in [1.82, 2.24) is 15.1 Å². The Bertz CT molecular complexity index is 933. The van der Waals surface area contributed by atoms with Crippen LogP contribution in [0.5, 0.6) is 5.75 Å². The van der Waals surface area contributed by atoms with Crippen LogP contribution in [0.3, 0.4) is 0 Å². The molecule has 4 N–H and O–H groups in total. The van der Waals surface area contributed by atoms with Crippen molar-refractivity contribution in [1.29, 1.82) is 0 Å². The third-order valence-corrected chi connectivity index (χ3v) is 7.21. The molecule has 0 spiro atoms. The largest absolute Gasteiger partial charge is 0.493 e. The van der Waals surface area contributed by atoms with Gasteiger partial charge in [-0.3, -0.25) is 14.4 Å². The SMILES string of the molecule is N[C@H]1CN(C(=O)C2(O)CC2)CC[C@H]2CC[C@@H](C(=O)N[C@@H]3CCOc4ccccc43)N2C1=O. The second kappa shape index (κ2) is 8.04. The molecule has 0 aromatic heterocycles. The van der Waals surface area contributed by atoms with Gasteiger partial charge < -0.3 is 30.7 Å². The molecule has 1 saturated carbocycles. The molecule has 3 aliphatic heterocycles. The summed E-state index contributed by atoms with van der Waals surface area (Å²) in [5, 5.41) is 13.3. The van der Waals surface area contributed by atoms with E-state index < -0.39 is 17.7 Å². The Balaban J connectivity index is 1.29. The number of fused-ring (bicyclic) bond motifs is 2. The van der Waals surface area contributed by atoms with Gasteiger partial charge >= 0.3 is 0 Å². The molecule has 4 aliphatic rings. The maximum absolute atomic E-state index is 13.3. The summed E-state index contributed by atoms with van der Waals surface area (Å²) in [6.45, 7) is 1.01. The summed E-state index contributed by atoms with van der Waals surface area (Å²) in [7, 11) is 0. The number of rotatable bonds is 3. The number of nitrogens with two attached hydrogens (primary N) is 1. The number of aliphatic hydroxyl groups is 1. The lowest BCUT2D eigenvalue weighted by molar-refractivity contribution is -0.148. The summed E-state index contributed by atoms with van der Waals surface area (Å²) in [6, 6.07) is 5.89. The molecule has 4 atom stereocenters. The summed E-state index contributed by atoms with van der Waals surface area (Å²) >= 11 is 0. The van der Waals surface area contributed by atoms with E-state index in [0.717, 1.165) is 11.3 Å². The Morgan fingerprint density at radius 3 is 2.72 bits per heavy atom. The summed E-state index contributed by atoms with van der Waals surface area (Å²) in [4.78, 5) is 42.3. The van der Waals surface area contributed by atoms with Gasteiger partial charge in [0.1, 0.15) is 23.4 Å². The lowest BCUT2D eigenvalue weighted by Crippen LogP contribution is -2.60. The summed E-state index contributed by atoms with van der Waals surface area (Å²) in [5.74, 6) is -0.0321. The number of hydrogen-bond donors (Lipinski definition) is 3. The molecule has 9 heteroatoms. The standard InChI is InChI=1S/C23H30N4O5/c24-16-13-26(22(30)23(31)9-10-23)11-7-14-5-6-18(27(14)21(16)29)20(28)25-17-8-12-32-19-4-2-1-3-15(17)19/h1-4,14,16-18,31H,5-13,24H2,(H,25,28)/t14-,16+,17-,18+/m1/s1. The maximum Gasteiger partial charge on any atom is 0.254 e. The predicted octanol–water partition coefficient (Wildman–Crippen LogP) is 0.0705. The molecule has 1 aromatic rings. The van der Waals surface area contributed by atoms with E-state index in [1.54, 1.807) is 4.90 Å². The van der Waals surface area contributed by atoms with Crippen molar-refractivity contribution in [3.05, 3.63) is 29.8 Å². The number of carbonyl (C=O) groups excluding carboxylic acids is 3. The Labute approximate surface area is 186 Å². The number of nitrogens with one attached hydrogen (secondary N) is 1. The minimum Gasteiger partial charge on any atom is -0.493 e. The molecule has 2 saturated heterocycles. The first-order valence-electron chi connectivity index (χ1n) is 11.5. The highest BCUT2D eigenvalue weighted by atomic mass is 16.5. The molecule has 0 unspecified atom stereocenters. The number of amides is 3. The number of hydrogen-bond acceptors (Lipinski definition) is 6. The van der Waals surface area contributed by atoms with Gasteiger partial charge in [-0.2, -0.15) is 0 Å². The molecule has 1 aliphatic carbocycles. The van der Waals surface area contributed by atoms with Gasteiger partial charge in [-0.05, 0) is 38.2 Å². The summed E-state index contributed by atoms with van der Waals surface area (Å²) < 4.78 is 5.68. The van der Waals surface area contributed by atoms with Gasteiger partial charge in [0.2, 0.25) is 11.8 Å². The molecule has 3 heterocycles. The second-order valence-corrected chi connectivity index (χ2v) is 9.41. The second-order valence-electron chi connectivity index (χ2n) is 9.41. The maximum atomic E-state index is 13.3. The first kappa shape index (κ1) is 21.2. The van der Waals surface area contributed by atoms with Crippen molar-refractivity contribution in [2.24, 2.45) is 5.73 Å². The van der Waals surface area contributed by atoms with Gasteiger partial charge in [-0.1, -0.05) is 18.2 Å². The van der Waals surface area contributed by atoms with Crippen LogP contribution in [0.15, 0.2) is 24.3 Å². The van der Waals surface area contributed by atoms with Gasteiger partial charge in [-0.15, -0.1) is 0 Å². The van der Waals surface area contributed by atoms with Crippen molar-refractivity contribution in [2.45, 2.75) is 68.3 Å². The topological polar surface area (TPSA) is 125 Å². The van der Waals surface area contributed by atoms with E-state index in [1.807, 2.05) is 24.3 Å². The van der Waals surface area contributed by atoms with Gasteiger partial charge in [0.15, 0.2) is 0 Å². The van der Waals surface area contributed by atoms with Gasteiger partial charge in [0, 0.05) is 31.1 Å². The van der Waals surface area contributed by atoms with E-state index in [2.05, 4.69) is 5.32 Å². The van der Waals surface area contributed by atoms with Crippen LogP contribution in [0.4, 0.5) is 0 Å². The van der Waals surface area contributed by atoms with Gasteiger partial charge in [0.05, 0.1) is 12.6 Å². The zero-order valence-electron chi connectivity index (χ0n) is 18.0. The highest BCUT2D eigenvalue weighted by Gasteiger charge is 2.52. The van der Waals surface area contributed by atoms with Crippen molar-refractivity contribution in [2.75, 3.05) is 19.7 Å². The third kappa shape index (κ3) is 3.73. The van der Waals surface area contributed by atoms with E-state index in [1.165, 1.54) is 4.90 Å². The molecule has 3 amide bonds. The number of ether oxygens (including phenoxy) is 1. The monoisotopic (exact) mass is 442 g/mol. The number of nitrogens with zero attached hydrogens (tertiary/aromatic N) is 2. The molecule has 1 aromatic carbocycles. The molecule has 0 bridgehead atoms. The Kier molecular flexibility index (Phi) is 5.33. The van der Waals surface area contributed by atoms with E-state index in [4.69, 9.17) is 10.5 Å². The fourth-order valence-electron chi connectivity index (χ4n) is 5.23. The highest BCUT2D eigenvalue weighted by molar-refractivity contribution is 5.92. The average molecular weight is 443 g/mol. The Morgan fingerprint density at radius 1 is 1.16 bits per heavy atom. The highest BCUT2D eigenvalue weighted by Crippen LogP contribution is 2.38. The van der Waals surface area contributed by atoms with Crippen molar-refractivity contribution in [3.63, 3.8) is 0 Å². The summed E-state index contributed by atoms with van der Waals surface area (Å²) in [6.07, 6.45) is 3.42. The Hall–Kier alpha value is -2.65. The zero-order chi connectivity index (χ0) is 22.5. The molecular weight excluding hydrogens is 412 g/mol. The van der Waals surface area contributed by atoms with E-state index in [9.17, 15) is 19.5 Å². The molecule has 5 rings (SSSR count). The van der Waals surface area contributed by atoms with E-state index >= 15 is 0 Å². The van der Waals surface area contributed by atoms with Crippen LogP contribution in [0.1, 0.15) is 50.1 Å². The minimum absolute atomic E-state index is 0.0604. The van der Waals surface area contributed by atoms with Crippen LogP contribution in [0.2, 0.25) is 0 Å². The fourth-order valence-corrected chi connectivity index (χ4v) is 5.23. The molecule has 0 radical (unpaired) electrons. The first-order chi connectivity index (χ1) is 15.4. The molecule has 32 heavy (non-hydrogen) atoms. The zero-order valence-corrected chi connectivity index (χ0v) is 18.0. The summed E-state index contributed by atoms with van der Waals surface area (Å²) in [5.41, 5.74) is 5.86. The first-order valence-corrected chi connectivity index (χ1v) is 11.5. The van der Waals surface area contributed by atoms with Crippen molar-refractivity contribution < 1.29 is 24.2 Å². The fraction of sp³-hybridized carbons (Fsp3) is 0.609. The number of carbonyl (C=O) groups is 3. The van der Waals surface area contributed by atoms with Crippen LogP contribution < -0.4 is 15.8 Å². The molecule has 172 valence electrons. The molecule has 3 fully saturated rings. The smallest absolute Gasteiger partial charge is 0.254 e. The lowest BCUT2D eigenvalue weighted by Gasteiger charge is -2.38. The van der Waals surface area contributed by atoms with Crippen LogP contribution in [-0.2, 0) is 14.4 Å². The van der Waals surface area contributed by atoms with E-state index in [-0.39, 0.29) is 36.3 Å². The average Bonchev–Trinajstić information content (AvgIpc) is 3.40. The normalized spacial score (nSPS) is 31.0. The van der Waals surface area contributed by atoms with Crippen LogP contribution in [0.25, 0.3) is 0 Å². The molecule has 9 nitrogen and oxygen atoms in total. The predicted molar refractivity (Wildman–Crippen MR) is 114 cm³/mol. The van der Waals surface area contributed by atoms with Crippen LogP contribution in [-0.4, -0.2) is 76.1 Å². The Morgan fingerprint density at radius 2 is 1.94 bits per heavy atom. The van der Waals surface area contributed by atoms with Crippen LogP contribution in [0, 0.1) is 0 Å².